The molecule has 0 saturated carbocycles. The molecule has 0 heterocycles. The third kappa shape index (κ3) is 1.75. The number of hydrogen-bond donors (Lipinski definition) is 1. The predicted octanol–water partition coefficient (Wildman–Crippen LogP) is 3.35. The van der Waals surface area contributed by atoms with Gasteiger partial charge in [0.2, 0.25) is 4.33 Å². The van der Waals surface area contributed by atoms with Crippen LogP contribution in [0.2, 0.25) is 0 Å². The first-order chi connectivity index (χ1) is 7.53. The number of fused-ring (bicyclic) bond motifs is 1. The fourth-order valence-electron chi connectivity index (χ4n) is 1.53. The number of benzene rings is 2. The van der Waals surface area contributed by atoms with E-state index in [1.165, 1.54) is 0 Å². The molecular formula is C12H7Cl2O2. The minimum absolute atomic E-state index is 0.265. The maximum absolute atomic E-state index is 11.0. The number of rotatable bonds is 2. The van der Waals surface area contributed by atoms with Gasteiger partial charge in [0.15, 0.2) is 0 Å². The Hall–Kier alpha value is -1.25. The quantitative estimate of drug-likeness (QED) is 0.834. The average molecular weight is 254 g/mol. The molecule has 4 heteroatoms. The molecule has 0 bridgehead atoms. The van der Waals surface area contributed by atoms with E-state index < -0.39 is 10.3 Å². The molecule has 16 heavy (non-hydrogen) atoms. The van der Waals surface area contributed by atoms with Crippen molar-refractivity contribution < 1.29 is 9.90 Å². The van der Waals surface area contributed by atoms with Gasteiger partial charge in [0.1, 0.15) is 0 Å². The average Bonchev–Trinajstić information content (AvgIpc) is 2.28. The summed E-state index contributed by atoms with van der Waals surface area (Å²) < 4.78 is -1.97. The fourth-order valence-corrected chi connectivity index (χ4v) is 1.84. The van der Waals surface area contributed by atoms with Gasteiger partial charge in [-0.1, -0.05) is 59.6 Å². The third-order valence-corrected chi connectivity index (χ3v) is 3.00. The first-order valence-electron chi connectivity index (χ1n) is 4.54. The van der Waals surface area contributed by atoms with Gasteiger partial charge < -0.3 is 5.11 Å². The van der Waals surface area contributed by atoms with E-state index >= 15 is 0 Å². The molecular weight excluding hydrogens is 247 g/mol. The van der Waals surface area contributed by atoms with E-state index in [1.54, 1.807) is 18.2 Å². The van der Waals surface area contributed by atoms with Crippen molar-refractivity contribution in [3.05, 3.63) is 48.0 Å². The van der Waals surface area contributed by atoms with Crippen LogP contribution in [0.4, 0.5) is 0 Å². The van der Waals surface area contributed by atoms with E-state index in [0.717, 1.165) is 5.39 Å². The van der Waals surface area contributed by atoms with Crippen LogP contribution in [-0.2, 0) is 9.13 Å². The number of halogens is 2. The van der Waals surface area contributed by atoms with Crippen LogP contribution in [-0.4, -0.2) is 11.1 Å². The largest absolute Gasteiger partial charge is 0.479 e. The second-order valence-electron chi connectivity index (χ2n) is 3.32. The Balaban J connectivity index is 2.74. The van der Waals surface area contributed by atoms with Crippen LogP contribution in [0.5, 0.6) is 0 Å². The first kappa shape index (κ1) is 11.2. The summed E-state index contributed by atoms with van der Waals surface area (Å²) in [4.78, 5) is 11.0. The van der Waals surface area contributed by atoms with Crippen molar-refractivity contribution in [1.82, 2.24) is 0 Å². The summed E-state index contributed by atoms with van der Waals surface area (Å²) in [5.41, 5.74) is 0.265. The summed E-state index contributed by atoms with van der Waals surface area (Å²) in [6, 6.07) is 13.5. The lowest BCUT2D eigenvalue weighted by atomic mass is 10.0. The van der Waals surface area contributed by atoms with E-state index in [-0.39, 0.29) is 5.56 Å². The Morgan fingerprint density at radius 1 is 1.25 bits per heavy atom. The zero-order chi connectivity index (χ0) is 11.8. The molecule has 0 saturated heterocycles. The minimum Gasteiger partial charge on any atom is -0.479 e. The van der Waals surface area contributed by atoms with Crippen LogP contribution in [0.1, 0.15) is 5.56 Å². The molecule has 2 nitrogen and oxygen atoms in total. The number of aliphatic carboxylic acids is 1. The normalized spacial score (nSPS) is 11.6. The highest BCUT2D eigenvalue weighted by Gasteiger charge is 2.37. The number of hydrogen-bond acceptors (Lipinski definition) is 1. The van der Waals surface area contributed by atoms with E-state index in [4.69, 9.17) is 28.3 Å². The van der Waals surface area contributed by atoms with Gasteiger partial charge in [-0.15, -0.1) is 0 Å². The monoisotopic (exact) mass is 253 g/mol. The van der Waals surface area contributed by atoms with Gasteiger partial charge in [-0.05, 0) is 16.8 Å². The van der Waals surface area contributed by atoms with Crippen molar-refractivity contribution in [2.75, 3.05) is 0 Å². The number of carbonyl (C=O) groups is 1. The summed E-state index contributed by atoms with van der Waals surface area (Å²) >= 11 is 11.6. The highest BCUT2D eigenvalue weighted by Crippen LogP contribution is 2.37. The lowest BCUT2D eigenvalue weighted by molar-refractivity contribution is -0.138. The molecule has 0 fully saturated rings. The maximum atomic E-state index is 11.0. The van der Waals surface area contributed by atoms with Gasteiger partial charge >= 0.3 is 5.97 Å². The maximum Gasteiger partial charge on any atom is 0.344 e. The second-order valence-corrected chi connectivity index (χ2v) is 4.65. The van der Waals surface area contributed by atoms with Gasteiger partial charge in [0.05, 0.1) is 0 Å². The molecule has 2 aromatic rings. The molecule has 1 N–H and O–H groups in total. The number of alkyl halides is 2. The molecule has 0 unspecified atom stereocenters. The molecule has 0 aromatic heterocycles. The zero-order valence-electron chi connectivity index (χ0n) is 8.08. The molecule has 1 radical (unpaired) electrons. The highest BCUT2D eigenvalue weighted by atomic mass is 35.5. The van der Waals surface area contributed by atoms with Crippen LogP contribution < -0.4 is 0 Å². The summed E-state index contributed by atoms with van der Waals surface area (Å²) in [7, 11) is 0. The molecule has 2 aromatic carbocycles. The van der Waals surface area contributed by atoms with Crippen LogP contribution >= 0.6 is 23.2 Å². The van der Waals surface area contributed by atoms with Gasteiger partial charge in [0, 0.05) is 5.56 Å². The standard InChI is InChI=1S/C12H7Cl2O2/c13-12(14,11(15)16)10-7-3-5-8-4-1-2-6-9(8)10/h1-6H,(H,15,16). The smallest absolute Gasteiger partial charge is 0.344 e. The van der Waals surface area contributed by atoms with E-state index in [0.29, 0.717) is 5.39 Å². The highest BCUT2D eigenvalue weighted by molar-refractivity contribution is 6.57. The summed E-state index contributed by atoms with van der Waals surface area (Å²) in [5, 5.41) is 10.5. The van der Waals surface area contributed by atoms with Crippen LogP contribution in [0, 0.1) is 6.07 Å². The third-order valence-electron chi connectivity index (χ3n) is 2.30. The predicted molar refractivity (Wildman–Crippen MR) is 63.8 cm³/mol. The van der Waals surface area contributed by atoms with Crippen LogP contribution in [0.25, 0.3) is 10.8 Å². The Kier molecular flexibility index (Phi) is 2.78. The van der Waals surface area contributed by atoms with E-state index in [9.17, 15) is 4.79 Å². The van der Waals surface area contributed by atoms with Crippen LogP contribution in [0.3, 0.4) is 0 Å². The van der Waals surface area contributed by atoms with Crippen molar-refractivity contribution in [2.45, 2.75) is 4.33 Å². The Morgan fingerprint density at radius 3 is 2.62 bits per heavy atom. The lowest BCUT2D eigenvalue weighted by Crippen LogP contribution is -2.23. The SMILES string of the molecule is O=C(O)C(Cl)(Cl)c1[c]ccc2ccccc12. The molecule has 0 aliphatic rings. The molecule has 2 rings (SSSR count). The minimum atomic E-state index is -1.97. The Bertz CT molecular complexity index is 544. The molecule has 0 amide bonds. The zero-order valence-corrected chi connectivity index (χ0v) is 9.59. The first-order valence-corrected chi connectivity index (χ1v) is 5.30. The molecule has 0 aliphatic carbocycles. The molecule has 0 aliphatic heterocycles. The Morgan fingerprint density at radius 2 is 1.94 bits per heavy atom. The van der Waals surface area contributed by atoms with Gasteiger partial charge in [-0.2, -0.15) is 0 Å². The summed E-state index contributed by atoms with van der Waals surface area (Å²) in [5.74, 6) is -1.30. The van der Waals surface area contributed by atoms with Gasteiger partial charge in [-0.25, -0.2) is 4.79 Å². The molecule has 81 valence electrons. The summed E-state index contributed by atoms with van der Waals surface area (Å²) in [6.45, 7) is 0. The van der Waals surface area contributed by atoms with Gasteiger partial charge in [0.25, 0.3) is 0 Å². The van der Waals surface area contributed by atoms with E-state index in [1.807, 2.05) is 18.2 Å². The van der Waals surface area contributed by atoms with Crippen molar-refractivity contribution >= 4 is 39.9 Å². The molecule has 0 atom stereocenters. The fraction of sp³-hybridized carbons (Fsp3) is 0.0833. The van der Waals surface area contributed by atoms with Crippen molar-refractivity contribution in [3.63, 3.8) is 0 Å². The number of carboxylic acids is 1. The van der Waals surface area contributed by atoms with E-state index in [2.05, 4.69) is 6.07 Å². The molecule has 0 spiro atoms. The van der Waals surface area contributed by atoms with Crippen molar-refractivity contribution in [3.8, 4) is 0 Å². The van der Waals surface area contributed by atoms with Crippen molar-refractivity contribution in [2.24, 2.45) is 0 Å². The van der Waals surface area contributed by atoms with Crippen LogP contribution in [0.15, 0.2) is 36.4 Å². The lowest BCUT2D eigenvalue weighted by Gasteiger charge is -2.16. The summed E-state index contributed by atoms with van der Waals surface area (Å²) in [6.07, 6.45) is 0. The second kappa shape index (κ2) is 3.96. The Labute approximate surface area is 102 Å². The number of carboxylic acid groups (broad SMARTS) is 1. The van der Waals surface area contributed by atoms with Gasteiger partial charge in [-0.3, -0.25) is 0 Å². The van der Waals surface area contributed by atoms with Crippen molar-refractivity contribution in [1.29, 1.82) is 0 Å². The topological polar surface area (TPSA) is 37.3 Å².